The number of carbonyl (C=O) groups excluding carboxylic acids is 1. The monoisotopic (exact) mass is 320 g/mol. The molecule has 3 nitrogen and oxygen atoms in total. The van der Waals surface area contributed by atoms with Crippen molar-refractivity contribution in [2.24, 2.45) is 0 Å². The fraction of sp³-hybridized carbons (Fsp3) is 0.786. The standard InChI is InChI=1S/C14H28N2O.BrH/c1-8-12(16(5,6)7)10-11-14(3,4)15-13(17)9-2;/h9,12H,2,8,10-11H2,1,3-7H3;1H. The molecule has 0 aliphatic rings. The number of rotatable bonds is 7. The lowest BCUT2D eigenvalue weighted by atomic mass is 9.93. The average Bonchev–Trinajstić information content (AvgIpc) is 2.15. The number of nitrogens with one attached hydrogen (secondary N) is 1. The van der Waals surface area contributed by atoms with Crippen molar-refractivity contribution in [1.29, 1.82) is 0 Å². The van der Waals surface area contributed by atoms with Crippen LogP contribution in [-0.2, 0) is 4.79 Å². The minimum atomic E-state index is -0.159. The van der Waals surface area contributed by atoms with Crippen LogP contribution in [0.1, 0.15) is 40.0 Å². The van der Waals surface area contributed by atoms with Gasteiger partial charge in [-0.2, -0.15) is 0 Å². The summed E-state index contributed by atoms with van der Waals surface area (Å²) in [5, 5.41) is 2.97. The number of nitrogens with zero attached hydrogens (tertiary/aromatic N) is 1. The molecule has 0 aromatic heterocycles. The van der Waals surface area contributed by atoms with Crippen molar-refractivity contribution in [3.63, 3.8) is 0 Å². The summed E-state index contributed by atoms with van der Waals surface area (Å²) in [4.78, 5) is 11.3. The first-order valence-electron chi connectivity index (χ1n) is 6.38. The summed E-state index contributed by atoms with van der Waals surface area (Å²) in [7, 11) is 6.68. The van der Waals surface area contributed by atoms with E-state index in [0.29, 0.717) is 6.04 Å². The van der Waals surface area contributed by atoms with Crippen molar-refractivity contribution in [2.75, 3.05) is 21.1 Å². The largest absolute Gasteiger partial charge is 1.00 e. The van der Waals surface area contributed by atoms with E-state index in [0.717, 1.165) is 23.7 Å². The molecule has 1 atom stereocenters. The number of amides is 1. The molecule has 1 N–H and O–H groups in total. The van der Waals surface area contributed by atoms with Gasteiger partial charge < -0.3 is 26.8 Å². The predicted molar refractivity (Wildman–Crippen MR) is 73.8 cm³/mol. The van der Waals surface area contributed by atoms with Crippen molar-refractivity contribution < 1.29 is 26.3 Å². The Bertz CT molecular complexity index is 269. The summed E-state index contributed by atoms with van der Waals surface area (Å²) in [6.45, 7) is 9.84. The number of halogens is 1. The van der Waals surface area contributed by atoms with Crippen molar-refractivity contribution >= 4 is 5.91 Å². The third-order valence-corrected chi connectivity index (χ3v) is 3.32. The molecule has 0 aliphatic carbocycles. The van der Waals surface area contributed by atoms with Gasteiger partial charge in [0, 0.05) is 12.0 Å². The Balaban J connectivity index is 0. The van der Waals surface area contributed by atoms with Crippen LogP contribution in [0.25, 0.3) is 0 Å². The van der Waals surface area contributed by atoms with Gasteiger partial charge in [0.15, 0.2) is 0 Å². The normalized spacial score (nSPS) is 13.4. The Kier molecular flexibility index (Phi) is 8.82. The van der Waals surface area contributed by atoms with Gasteiger partial charge in [-0.15, -0.1) is 0 Å². The SMILES string of the molecule is C=CC(=O)NC(C)(C)CCC(CC)[N+](C)(C)C.[Br-]. The first-order valence-corrected chi connectivity index (χ1v) is 6.38. The summed E-state index contributed by atoms with van der Waals surface area (Å²) in [5.41, 5.74) is -0.159. The van der Waals surface area contributed by atoms with Crippen molar-refractivity contribution in [1.82, 2.24) is 5.32 Å². The number of quaternary nitrogens is 1. The Labute approximate surface area is 123 Å². The Hall–Kier alpha value is -0.350. The summed E-state index contributed by atoms with van der Waals surface area (Å²) >= 11 is 0. The lowest BCUT2D eigenvalue weighted by Gasteiger charge is -2.36. The molecule has 0 saturated heterocycles. The molecule has 0 saturated carbocycles. The first kappa shape index (κ1) is 20.0. The minimum Gasteiger partial charge on any atom is -1.00 e. The maximum absolute atomic E-state index is 11.3. The van der Waals surface area contributed by atoms with Crippen LogP contribution < -0.4 is 22.3 Å². The van der Waals surface area contributed by atoms with E-state index < -0.39 is 0 Å². The van der Waals surface area contributed by atoms with Gasteiger partial charge in [-0.05, 0) is 32.8 Å². The van der Waals surface area contributed by atoms with Crippen LogP contribution in [0.5, 0.6) is 0 Å². The van der Waals surface area contributed by atoms with Gasteiger partial charge in [0.25, 0.3) is 0 Å². The molecule has 1 amide bonds. The Morgan fingerprint density at radius 2 is 1.89 bits per heavy atom. The van der Waals surface area contributed by atoms with E-state index in [2.05, 4.69) is 53.8 Å². The zero-order chi connectivity index (χ0) is 13.7. The second-order valence-electron chi connectivity index (χ2n) is 6.29. The highest BCUT2D eigenvalue weighted by molar-refractivity contribution is 5.87. The van der Waals surface area contributed by atoms with Gasteiger partial charge in [0.05, 0.1) is 27.2 Å². The topological polar surface area (TPSA) is 29.1 Å². The van der Waals surface area contributed by atoms with E-state index in [1.807, 2.05) is 0 Å². The zero-order valence-corrected chi connectivity index (χ0v) is 14.3. The molecule has 0 fully saturated rings. The van der Waals surface area contributed by atoms with Crippen molar-refractivity contribution in [2.45, 2.75) is 51.6 Å². The molecule has 18 heavy (non-hydrogen) atoms. The maximum Gasteiger partial charge on any atom is 0.243 e. The molecule has 0 aromatic rings. The number of carbonyl (C=O) groups is 1. The summed E-state index contributed by atoms with van der Waals surface area (Å²) in [6, 6.07) is 0.634. The second-order valence-corrected chi connectivity index (χ2v) is 6.29. The quantitative estimate of drug-likeness (QED) is 0.489. The molecule has 0 radical (unpaired) electrons. The van der Waals surface area contributed by atoms with Gasteiger partial charge >= 0.3 is 0 Å². The molecule has 1 unspecified atom stereocenters. The van der Waals surface area contributed by atoms with E-state index in [1.165, 1.54) is 6.08 Å². The van der Waals surface area contributed by atoms with Gasteiger partial charge in [-0.1, -0.05) is 13.5 Å². The molecular formula is C14H29BrN2O. The fourth-order valence-corrected chi connectivity index (χ4v) is 2.11. The van der Waals surface area contributed by atoms with Crippen molar-refractivity contribution in [3.8, 4) is 0 Å². The Morgan fingerprint density at radius 3 is 2.22 bits per heavy atom. The molecule has 0 rings (SSSR count). The van der Waals surface area contributed by atoms with Crippen LogP contribution in [0.2, 0.25) is 0 Å². The maximum atomic E-state index is 11.3. The van der Waals surface area contributed by atoms with Crippen LogP contribution in [0.15, 0.2) is 12.7 Å². The predicted octanol–water partition coefficient (Wildman–Crippen LogP) is -0.664. The highest BCUT2D eigenvalue weighted by Crippen LogP contribution is 2.19. The van der Waals surface area contributed by atoms with E-state index in [1.54, 1.807) is 0 Å². The summed E-state index contributed by atoms with van der Waals surface area (Å²) < 4.78 is 0.974. The van der Waals surface area contributed by atoms with Crippen LogP contribution in [0.4, 0.5) is 0 Å². The van der Waals surface area contributed by atoms with E-state index in [4.69, 9.17) is 0 Å². The average molecular weight is 321 g/mol. The molecule has 4 heteroatoms. The van der Waals surface area contributed by atoms with E-state index in [9.17, 15) is 4.79 Å². The molecule has 0 spiro atoms. The molecule has 0 aromatic carbocycles. The van der Waals surface area contributed by atoms with Crippen LogP contribution in [0, 0.1) is 0 Å². The zero-order valence-electron chi connectivity index (χ0n) is 12.7. The third-order valence-electron chi connectivity index (χ3n) is 3.32. The minimum absolute atomic E-state index is 0. The molecule has 108 valence electrons. The summed E-state index contributed by atoms with van der Waals surface area (Å²) in [5.74, 6) is -0.0895. The van der Waals surface area contributed by atoms with Gasteiger partial charge in [0.2, 0.25) is 5.91 Å². The molecule has 0 heterocycles. The van der Waals surface area contributed by atoms with Crippen LogP contribution in [-0.4, -0.2) is 43.1 Å². The lowest BCUT2D eigenvalue weighted by molar-refractivity contribution is -0.896. The van der Waals surface area contributed by atoms with Crippen LogP contribution in [0.3, 0.4) is 0 Å². The molecule has 0 bridgehead atoms. The van der Waals surface area contributed by atoms with Gasteiger partial charge in [-0.25, -0.2) is 0 Å². The van der Waals surface area contributed by atoms with Gasteiger partial charge in [-0.3, -0.25) is 4.79 Å². The molecule has 0 aliphatic heterocycles. The lowest BCUT2D eigenvalue weighted by Crippen LogP contribution is -3.00. The number of hydrogen-bond donors (Lipinski definition) is 1. The highest BCUT2D eigenvalue weighted by atomic mass is 79.9. The summed E-state index contributed by atoms with van der Waals surface area (Å²) in [6.07, 6.45) is 4.60. The fourth-order valence-electron chi connectivity index (χ4n) is 2.11. The second kappa shape index (κ2) is 7.95. The van der Waals surface area contributed by atoms with Gasteiger partial charge in [0.1, 0.15) is 0 Å². The smallest absolute Gasteiger partial charge is 0.243 e. The van der Waals surface area contributed by atoms with E-state index in [-0.39, 0.29) is 28.4 Å². The van der Waals surface area contributed by atoms with Crippen molar-refractivity contribution in [3.05, 3.63) is 12.7 Å². The highest BCUT2D eigenvalue weighted by Gasteiger charge is 2.26. The first-order chi connectivity index (χ1) is 7.62. The number of hydrogen-bond acceptors (Lipinski definition) is 1. The van der Waals surface area contributed by atoms with Crippen LogP contribution >= 0.6 is 0 Å². The third kappa shape index (κ3) is 7.88. The Morgan fingerprint density at radius 1 is 1.39 bits per heavy atom. The molecular weight excluding hydrogens is 292 g/mol. The van der Waals surface area contributed by atoms with E-state index >= 15 is 0 Å².